The van der Waals surface area contributed by atoms with Crippen molar-refractivity contribution in [3.8, 4) is 5.75 Å². The Morgan fingerprint density at radius 3 is 3.07 bits per heavy atom. The van der Waals surface area contributed by atoms with Gasteiger partial charge in [0.15, 0.2) is 0 Å². The van der Waals surface area contributed by atoms with Gasteiger partial charge in [0.05, 0.1) is 20.0 Å². The van der Waals surface area contributed by atoms with E-state index in [0.29, 0.717) is 0 Å². The topological polar surface area (TPSA) is 38.7 Å². The molecule has 74 valence electrons. The molecule has 1 N–H and O–H groups in total. The number of hydrogen-bond donors (Lipinski definition) is 1. The van der Waals surface area contributed by atoms with Gasteiger partial charge >= 0.3 is 0 Å². The summed E-state index contributed by atoms with van der Waals surface area (Å²) in [6.07, 6.45) is 3.22. The highest BCUT2D eigenvalue weighted by atomic mass is 16.5. The fraction of sp³-hybridized carbons (Fsp3) is 0.273. The number of rotatable bonds is 2. The zero-order valence-electron chi connectivity index (χ0n) is 7.93. The van der Waals surface area contributed by atoms with Crippen LogP contribution in [0.15, 0.2) is 24.5 Å². The summed E-state index contributed by atoms with van der Waals surface area (Å²) in [6.45, 7) is -0.0102. The van der Waals surface area contributed by atoms with E-state index in [1.807, 2.05) is 24.3 Å². The molecule has 0 saturated heterocycles. The van der Waals surface area contributed by atoms with Crippen molar-refractivity contribution in [3.63, 3.8) is 0 Å². The molecule has 1 aliphatic heterocycles. The fourth-order valence-corrected chi connectivity index (χ4v) is 1.54. The zero-order chi connectivity index (χ0) is 9.97. The standard InChI is InChI=1S/C11H12O3/c1-13-9-2-3-10-8(6-9)4-5-14-11(10)7-12/h2-6,11-12H,7H2,1H3. The molecule has 1 aliphatic rings. The molecule has 3 heteroatoms. The van der Waals surface area contributed by atoms with Crippen molar-refractivity contribution in [1.29, 1.82) is 0 Å². The van der Waals surface area contributed by atoms with E-state index < -0.39 is 0 Å². The Hall–Kier alpha value is -1.48. The number of aliphatic hydroxyl groups is 1. The lowest BCUT2D eigenvalue weighted by Crippen LogP contribution is -2.10. The molecule has 3 nitrogen and oxygen atoms in total. The highest BCUT2D eigenvalue weighted by molar-refractivity contribution is 5.58. The van der Waals surface area contributed by atoms with E-state index in [0.717, 1.165) is 16.9 Å². The Kier molecular flexibility index (Phi) is 2.41. The van der Waals surface area contributed by atoms with Gasteiger partial charge in [-0.2, -0.15) is 0 Å². The van der Waals surface area contributed by atoms with E-state index in [9.17, 15) is 0 Å². The normalized spacial score (nSPS) is 18.6. The van der Waals surface area contributed by atoms with Crippen LogP contribution in [0.5, 0.6) is 5.75 Å². The third-order valence-electron chi connectivity index (χ3n) is 2.30. The van der Waals surface area contributed by atoms with Crippen molar-refractivity contribution in [2.24, 2.45) is 0 Å². The van der Waals surface area contributed by atoms with Gasteiger partial charge < -0.3 is 14.6 Å². The Morgan fingerprint density at radius 1 is 1.50 bits per heavy atom. The molecule has 0 radical (unpaired) electrons. The molecule has 0 aromatic heterocycles. The molecule has 1 heterocycles. The first-order valence-corrected chi connectivity index (χ1v) is 4.46. The highest BCUT2D eigenvalue weighted by Gasteiger charge is 2.17. The van der Waals surface area contributed by atoms with Crippen molar-refractivity contribution >= 4 is 6.08 Å². The highest BCUT2D eigenvalue weighted by Crippen LogP contribution is 2.29. The van der Waals surface area contributed by atoms with E-state index in [-0.39, 0.29) is 12.7 Å². The van der Waals surface area contributed by atoms with Crippen molar-refractivity contribution in [3.05, 3.63) is 35.6 Å². The zero-order valence-corrected chi connectivity index (χ0v) is 7.93. The van der Waals surface area contributed by atoms with Crippen LogP contribution in [0.1, 0.15) is 17.2 Å². The third kappa shape index (κ3) is 1.46. The largest absolute Gasteiger partial charge is 0.497 e. The van der Waals surface area contributed by atoms with Crippen LogP contribution in [-0.2, 0) is 4.74 Å². The molecule has 0 amide bonds. The number of fused-ring (bicyclic) bond motifs is 1. The molecule has 0 fully saturated rings. The molecule has 1 aromatic rings. The summed E-state index contributed by atoms with van der Waals surface area (Å²) in [5, 5.41) is 9.07. The van der Waals surface area contributed by atoms with Crippen molar-refractivity contribution < 1.29 is 14.6 Å². The molecular weight excluding hydrogens is 180 g/mol. The summed E-state index contributed by atoms with van der Waals surface area (Å²) in [4.78, 5) is 0. The first kappa shape index (κ1) is 9.09. The van der Waals surface area contributed by atoms with E-state index in [4.69, 9.17) is 14.6 Å². The molecule has 1 atom stereocenters. The average molecular weight is 192 g/mol. The van der Waals surface area contributed by atoms with Crippen LogP contribution in [0.25, 0.3) is 6.08 Å². The van der Waals surface area contributed by atoms with Gasteiger partial charge in [0.2, 0.25) is 0 Å². The predicted octanol–water partition coefficient (Wildman–Crippen LogP) is 1.73. The maximum absolute atomic E-state index is 9.07. The summed E-state index contributed by atoms with van der Waals surface area (Å²) < 4.78 is 10.4. The Bertz CT molecular complexity index is 358. The fourth-order valence-electron chi connectivity index (χ4n) is 1.54. The van der Waals surface area contributed by atoms with Gasteiger partial charge in [-0.15, -0.1) is 0 Å². The Labute approximate surface area is 82.6 Å². The molecule has 0 bridgehead atoms. The predicted molar refractivity (Wildman–Crippen MR) is 52.9 cm³/mol. The average Bonchev–Trinajstić information content (AvgIpc) is 2.27. The van der Waals surface area contributed by atoms with Gasteiger partial charge in [-0.3, -0.25) is 0 Å². The first-order valence-electron chi connectivity index (χ1n) is 4.46. The van der Waals surface area contributed by atoms with Gasteiger partial charge in [-0.1, -0.05) is 6.07 Å². The molecule has 14 heavy (non-hydrogen) atoms. The van der Waals surface area contributed by atoms with Crippen LogP contribution in [0, 0.1) is 0 Å². The summed E-state index contributed by atoms with van der Waals surface area (Å²) in [5.74, 6) is 0.812. The van der Waals surface area contributed by atoms with Crippen LogP contribution in [0.4, 0.5) is 0 Å². The Balaban J connectivity index is 2.42. The second-order valence-electron chi connectivity index (χ2n) is 3.10. The lowest BCUT2D eigenvalue weighted by Gasteiger charge is -2.21. The van der Waals surface area contributed by atoms with Gasteiger partial charge in [0.1, 0.15) is 11.9 Å². The summed E-state index contributed by atoms with van der Waals surface area (Å²) in [7, 11) is 1.63. The summed E-state index contributed by atoms with van der Waals surface area (Å²) >= 11 is 0. The number of ether oxygens (including phenoxy) is 2. The number of methoxy groups -OCH3 is 1. The number of aliphatic hydroxyl groups excluding tert-OH is 1. The molecule has 1 aromatic carbocycles. The van der Waals surface area contributed by atoms with Crippen LogP contribution in [-0.4, -0.2) is 18.8 Å². The second kappa shape index (κ2) is 3.72. The van der Waals surface area contributed by atoms with Crippen molar-refractivity contribution in [2.45, 2.75) is 6.10 Å². The van der Waals surface area contributed by atoms with Crippen LogP contribution in [0.2, 0.25) is 0 Å². The summed E-state index contributed by atoms with van der Waals surface area (Å²) in [5.41, 5.74) is 2.03. The quantitative estimate of drug-likeness (QED) is 0.775. The molecule has 1 unspecified atom stereocenters. The molecular formula is C11H12O3. The van der Waals surface area contributed by atoms with Gasteiger partial charge in [0, 0.05) is 5.56 Å². The number of hydrogen-bond acceptors (Lipinski definition) is 3. The van der Waals surface area contributed by atoms with Gasteiger partial charge in [-0.25, -0.2) is 0 Å². The maximum atomic E-state index is 9.07. The first-order chi connectivity index (χ1) is 6.85. The van der Waals surface area contributed by atoms with Crippen LogP contribution < -0.4 is 4.74 Å². The van der Waals surface area contributed by atoms with Crippen molar-refractivity contribution in [1.82, 2.24) is 0 Å². The van der Waals surface area contributed by atoms with Crippen LogP contribution in [0.3, 0.4) is 0 Å². The molecule has 0 spiro atoms. The molecule has 0 saturated carbocycles. The molecule has 2 rings (SSSR count). The lowest BCUT2D eigenvalue weighted by atomic mass is 10.0. The van der Waals surface area contributed by atoms with E-state index in [1.165, 1.54) is 0 Å². The Morgan fingerprint density at radius 2 is 2.36 bits per heavy atom. The van der Waals surface area contributed by atoms with Crippen LogP contribution >= 0.6 is 0 Å². The monoisotopic (exact) mass is 192 g/mol. The lowest BCUT2D eigenvalue weighted by molar-refractivity contribution is 0.0759. The van der Waals surface area contributed by atoms with Gasteiger partial charge in [0.25, 0.3) is 0 Å². The minimum atomic E-state index is -0.249. The SMILES string of the molecule is COc1ccc2c(c1)C=COC2CO. The number of benzene rings is 1. The van der Waals surface area contributed by atoms with Crippen molar-refractivity contribution in [2.75, 3.05) is 13.7 Å². The van der Waals surface area contributed by atoms with E-state index in [1.54, 1.807) is 13.4 Å². The van der Waals surface area contributed by atoms with E-state index in [2.05, 4.69) is 0 Å². The third-order valence-corrected chi connectivity index (χ3v) is 2.30. The van der Waals surface area contributed by atoms with Gasteiger partial charge in [-0.05, 0) is 23.8 Å². The minimum Gasteiger partial charge on any atom is -0.497 e. The second-order valence-corrected chi connectivity index (χ2v) is 3.10. The smallest absolute Gasteiger partial charge is 0.146 e. The maximum Gasteiger partial charge on any atom is 0.146 e. The molecule has 0 aliphatic carbocycles. The summed E-state index contributed by atoms with van der Waals surface area (Å²) in [6, 6.07) is 5.71. The minimum absolute atomic E-state index is 0.0102. The van der Waals surface area contributed by atoms with E-state index >= 15 is 0 Å².